The molecule has 1 aromatic heterocycles. The van der Waals surface area contributed by atoms with Gasteiger partial charge in [-0.25, -0.2) is 4.68 Å². The highest BCUT2D eigenvalue weighted by Crippen LogP contribution is 2.16. The van der Waals surface area contributed by atoms with Crippen LogP contribution >= 0.6 is 0 Å². The Morgan fingerprint density at radius 1 is 1.50 bits per heavy atom. The maximum Gasteiger partial charge on any atom is 0.250 e. The molecule has 0 aliphatic carbocycles. The van der Waals surface area contributed by atoms with Gasteiger partial charge < -0.3 is 5.73 Å². The minimum Gasteiger partial charge on any atom is -0.320 e. The fraction of sp³-hybridized carbons (Fsp3) is 0.818. The van der Waals surface area contributed by atoms with E-state index in [4.69, 9.17) is 5.73 Å². The van der Waals surface area contributed by atoms with Crippen LogP contribution in [-0.2, 0) is 10.3 Å². The molecule has 0 aromatic carbocycles. The molecule has 2 atom stereocenters. The summed E-state index contributed by atoms with van der Waals surface area (Å²) < 4.78 is 1.56. The highest BCUT2D eigenvalue weighted by atomic mass is 16.2. The first-order valence-corrected chi connectivity index (χ1v) is 6.12. The van der Waals surface area contributed by atoms with Crippen molar-refractivity contribution in [1.82, 2.24) is 20.2 Å². The van der Waals surface area contributed by atoms with Crippen molar-refractivity contribution in [3.8, 4) is 0 Å². The Morgan fingerprint density at radius 3 is 2.61 bits per heavy atom. The Morgan fingerprint density at radius 2 is 2.11 bits per heavy atom. The quantitative estimate of drug-likeness (QED) is 0.825. The summed E-state index contributed by atoms with van der Waals surface area (Å²) in [5.74, 6) is 0.180. The first kappa shape index (κ1) is 14.6. The third-order valence-electron chi connectivity index (χ3n) is 2.90. The molecule has 1 heterocycles. The van der Waals surface area contributed by atoms with Crippen molar-refractivity contribution < 1.29 is 4.79 Å². The van der Waals surface area contributed by atoms with Gasteiger partial charge in [-0.05, 0) is 37.1 Å². The Kier molecular flexibility index (Phi) is 4.39. The summed E-state index contributed by atoms with van der Waals surface area (Å²) in [7, 11) is 0. The zero-order valence-electron chi connectivity index (χ0n) is 11.6. The monoisotopic (exact) mass is 254 g/mol. The van der Waals surface area contributed by atoms with Crippen LogP contribution in [0.5, 0.6) is 0 Å². The van der Waals surface area contributed by atoms with E-state index in [-0.39, 0.29) is 17.4 Å². The number of aromatic nitrogens is 4. The smallest absolute Gasteiger partial charge is 0.250 e. The third kappa shape index (κ3) is 3.25. The van der Waals surface area contributed by atoms with Crippen LogP contribution in [0.15, 0.2) is 0 Å². The van der Waals surface area contributed by atoms with Gasteiger partial charge in [0.2, 0.25) is 11.9 Å². The number of amides is 1. The van der Waals surface area contributed by atoms with Gasteiger partial charge in [-0.2, -0.15) is 0 Å². The topological polar surface area (TPSA) is 98.7 Å². The van der Waals surface area contributed by atoms with Gasteiger partial charge in [0.05, 0.1) is 11.6 Å². The Bertz CT molecular complexity index is 408. The highest BCUT2D eigenvalue weighted by molar-refractivity contribution is 5.93. The van der Waals surface area contributed by atoms with E-state index in [1.54, 1.807) is 4.68 Å². The molecule has 0 saturated heterocycles. The number of hydrogen-bond acceptors (Lipinski definition) is 5. The van der Waals surface area contributed by atoms with Crippen molar-refractivity contribution >= 4 is 11.9 Å². The van der Waals surface area contributed by atoms with Gasteiger partial charge in [0.15, 0.2) is 0 Å². The molecule has 0 bridgehead atoms. The van der Waals surface area contributed by atoms with Crippen molar-refractivity contribution in [2.75, 3.05) is 5.32 Å². The number of nitrogens with two attached hydrogens (primary N) is 1. The van der Waals surface area contributed by atoms with Gasteiger partial charge in [0, 0.05) is 0 Å². The Balaban J connectivity index is 2.80. The van der Waals surface area contributed by atoms with Gasteiger partial charge in [-0.3, -0.25) is 10.1 Å². The first-order chi connectivity index (χ1) is 8.27. The van der Waals surface area contributed by atoms with Crippen molar-refractivity contribution in [3.05, 3.63) is 0 Å². The summed E-state index contributed by atoms with van der Waals surface area (Å²) in [6, 6.07) is -0.555. The summed E-state index contributed by atoms with van der Waals surface area (Å²) >= 11 is 0. The van der Waals surface area contributed by atoms with Crippen LogP contribution in [0.1, 0.15) is 41.0 Å². The molecule has 0 radical (unpaired) electrons. The maximum atomic E-state index is 11.9. The molecule has 7 nitrogen and oxygen atoms in total. The predicted molar refractivity (Wildman–Crippen MR) is 68.9 cm³/mol. The molecular weight excluding hydrogens is 232 g/mol. The lowest BCUT2D eigenvalue weighted by Crippen LogP contribution is -2.41. The molecule has 0 fully saturated rings. The number of tetrazole rings is 1. The fourth-order valence-corrected chi connectivity index (χ4v) is 1.42. The molecule has 1 aromatic rings. The second-order valence-electron chi connectivity index (χ2n) is 5.49. The second-order valence-corrected chi connectivity index (χ2v) is 5.49. The van der Waals surface area contributed by atoms with Crippen LogP contribution in [0.4, 0.5) is 5.95 Å². The minimum absolute atomic E-state index is 0.115. The fourth-order valence-electron chi connectivity index (χ4n) is 1.42. The number of anilines is 1. The Hall–Kier alpha value is -1.50. The maximum absolute atomic E-state index is 11.9. The number of carbonyl (C=O) groups is 1. The third-order valence-corrected chi connectivity index (χ3v) is 2.90. The van der Waals surface area contributed by atoms with E-state index in [1.165, 1.54) is 0 Å². The molecule has 1 unspecified atom stereocenters. The van der Waals surface area contributed by atoms with Gasteiger partial charge in [0.1, 0.15) is 0 Å². The van der Waals surface area contributed by atoms with E-state index in [2.05, 4.69) is 20.8 Å². The predicted octanol–water partition coefficient (Wildman–Crippen LogP) is 0.740. The normalized spacial score (nSPS) is 15.2. The van der Waals surface area contributed by atoms with E-state index in [0.29, 0.717) is 5.95 Å². The van der Waals surface area contributed by atoms with Gasteiger partial charge in [0.25, 0.3) is 0 Å². The van der Waals surface area contributed by atoms with E-state index in [1.807, 2.05) is 34.6 Å². The van der Waals surface area contributed by atoms with Gasteiger partial charge in [-0.15, -0.1) is 0 Å². The summed E-state index contributed by atoms with van der Waals surface area (Å²) in [4.78, 5) is 11.9. The minimum atomic E-state index is -0.555. The molecule has 7 heteroatoms. The van der Waals surface area contributed by atoms with Crippen molar-refractivity contribution in [2.24, 2.45) is 11.7 Å². The second kappa shape index (κ2) is 5.43. The van der Waals surface area contributed by atoms with E-state index < -0.39 is 6.04 Å². The Labute approximate surface area is 107 Å². The number of nitrogens with one attached hydrogen (secondary N) is 1. The lowest BCUT2D eigenvalue weighted by Gasteiger charge is -2.21. The zero-order chi connectivity index (χ0) is 13.9. The van der Waals surface area contributed by atoms with E-state index in [9.17, 15) is 4.79 Å². The molecule has 3 N–H and O–H groups in total. The van der Waals surface area contributed by atoms with Crippen LogP contribution in [0.2, 0.25) is 0 Å². The van der Waals surface area contributed by atoms with Crippen molar-refractivity contribution in [2.45, 2.75) is 52.6 Å². The number of hydrogen-bond donors (Lipinski definition) is 2. The van der Waals surface area contributed by atoms with Crippen molar-refractivity contribution in [1.29, 1.82) is 0 Å². The van der Waals surface area contributed by atoms with Crippen LogP contribution in [0.3, 0.4) is 0 Å². The van der Waals surface area contributed by atoms with Crippen LogP contribution in [0.25, 0.3) is 0 Å². The molecule has 1 rings (SSSR count). The van der Waals surface area contributed by atoms with Gasteiger partial charge in [-0.1, -0.05) is 25.4 Å². The summed E-state index contributed by atoms with van der Waals surface area (Å²) in [5.41, 5.74) is 5.56. The molecule has 0 aliphatic heterocycles. The first-order valence-electron chi connectivity index (χ1n) is 6.12. The zero-order valence-corrected chi connectivity index (χ0v) is 11.6. The summed E-state index contributed by atoms with van der Waals surface area (Å²) in [5, 5.41) is 13.9. The lowest BCUT2D eigenvalue weighted by molar-refractivity contribution is -0.118. The molecule has 0 spiro atoms. The largest absolute Gasteiger partial charge is 0.320 e. The van der Waals surface area contributed by atoms with Crippen LogP contribution < -0.4 is 11.1 Å². The average molecular weight is 254 g/mol. The molecule has 1 amide bonds. The van der Waals surface area contributed by atoms with E-state index in [0.717, 1.165) is 6.42 Å². The SMILES string of the molecule is CCC(C)[C@H](N)C(=O)Nc1nnnn1C(C)(C)C. The summed E-state index contributed by atoms with van der Waals surface area (Å²) in [6.45, 7) is 9.79. The number of rotatable bonds is 4. The molecule has 102 valence electrons. The van der Waals surface area contributed by atoms with Crippen LogP contribution in [-0.4, -0.2) is 32.2 Å². The standard InChI is InChI=1S/C11H22N6O/c1-6-7(2)8(12)9(18)13-10-14-15-16-17(10)11(3,4)5/h7-8H,6,12H2,1-5H3,(H,13,14,16,18)/t7?,8-/m0/s1. The van der Waals surface area contributed by atoms with Crippen molar-refractivity contribution in [3.63, 3.8) is 0 Å². The number of carbonyl (C=O) groups excluding carboxylic acids is 1. The molecule has 18 heavy (non-hydrogen) atoms. The van der Waals surface area contributed by atoms with Gasteiger partial charge >= 0.3 is 0 Å². The van der Waals surface area contributed by atoms with E-state index >= 15 is 0 Å². The molecule has 0 aliphatic rings. The highest BCUT2D eigenvalue weighted by Gasteiger charge is 2.24. The molecular formula is C11H22N6O. The summed E-state index contributed by atoms with van der Waals surface area (Å²) in [6.07, 6.45) is 0.846. The lowest BCUT2D eigenvalue weighted by atomic mass is 9.99. The van der Waals surface area contributed by atoms with Crippen LogP contribution in [0, 0.1) is 5.92 Å². The number of nitrogens with zero attached hydrogens (tertiary/aromatic N) is 4. The molecule has 0 saturated carbocycles. The average Bonchev–Trinajstić information content (AvgIpc) is 2.74.